The van der Waals surface area contributed by atoms with Crippen molar-refractivity contribution in [2.45, 2.75) is 19.9 Å². The van der Waals surface area contributed by atoms with Crippen molar-refractivity contribution in [3.05, 3.63) is 41.2 Å². The standard InChI is InChI=1S/C12H16FN/c1-9-8-12(13)7-6-11(9)5-4-10(2)14-3/h4-8,10,14H,1-3H3/b5-4+. The zero-order valence-corrected chi connectivity index (χ0v) is 8.84. The highest BCUT2D eigenvalue weighted by molar-refractivity contribution is 5.53. The summed E-state index contributed by atoms with van der Waals surface area (Å²) in [6, 6.07) is 5.16. The lowest BCUT2D eigenvalue weighted by Crippen LogP contribution is -2.17. The van der Waals surface area contributed by atoms with Gasteiger partial charge >= 0.3 is 0 Å². The van der Waals surface area contributed by atoms with Gasteiger partial charge in [-0.3, -0.25) is 0 Å². The number of nitrogens with one attached hydrogen (secondary N) is 1. The Labute approximate surface area is 84.6 Å². The maximum absolute atomic E-state index is 12.8. The summed E-state index contributed by atoms with van der Waals surface area (Å²) in [5.41, 5.74) is 2.03. The van der Waals surface area contributed by atoms with Crippen LogP contribution in [0.1, 0.15) is 18.1 Å². The summed E-state index contributed by atoms with van der Waals surface area (Å²) in [5.74, 6) is -0.179. The van der Waals surface area contributed by atoms with E-state index in [0.717, 1.165) is 11.1 Å². The molecule has 0 bridgehead atoms. The first-order chi connectivity index (χ1) is 6.63. The predicted octanol–water partition coefficient (Wildman–Crippen LogP) is 2.76. The van der Waals surface area contributed by atoms with Crippen LogP contribution in [0.5, 0.6) is 0 Å². The number of rotatable bonds is 3. The van der Waals surface area contributed by atoms with E-state index in [9.17, 15) is 4.39 Å². The second-order valence-corrected chi connectivity index (χ2v) is 3.44. The fraction of sp³-hybridized carbons (Fsp3) is 0.333. The molecule has 0 saturated heterocycles. The number of halogens is 1. The molecule has 0 amide bonds. The molecular formula is C12H16FN. The van der Waals surface area contributed by atoms with Crippen LogP contribution in [0.4, 0.5) is 4.39 Å². The van der Waals surface area contributed by atoms with Crippen LogP contribution in [0, 0.1) is 12.7 Å². The number of aryl methyl sites for hydroxylation is 1. The maximum Gasteiger partial charge on any atom is 0.123 e. The zero-order chi connectivity index (χ0) is 10.6. The van der Waals surface area contributed by atoms with E-state index in [1.54, 1.807) is 12.1 Å². The first-order valence-electron chi connectivity index (χ1n) is 4.75. The molecule has 1 nitrogen and oxygen atoms in total. The first-order valence-corrected chi connectivity index (χ1v) is 4.75. The highest BCUT2D eigenvalue weighted by atomic mass is 19.1. The molecule has 1 unspecified atom stereocenters. The average molecular weight is 193 g/mol. The topological polar surface area (TPSA) is 12.0 Å². The van der Waals surface area contributed by atoms with Crippen LogP contribution in [0.15, 0.2) is 24.3 Å². The van der Waals surface area contributed by atoms with E-state index >= 15 is 0 Å². The molecule has 1 aromatic rings. The minimum atomic E-state index is -0.179. The van der Waals surface area contributed by atoms with Crippen LogP contribution in [-0.4, -0.2) is 13.1 Å². The Kier molecular flexibility index (Phi) is 3.84. The van der Waals surface area contributed by atoms with Gasteiger partial charge in [0.2, 0.25) is 0 Å². The third-order valence-electron chi connectivity index (χ3n) is 2.25. The Morgan fingerprint density at radius 1 is 1.43 bits per heavy atom. The molecule has 0 radical (unpaired) electrons. The summed E-state index contributed by atoms with van der Waals surface area (Å²) in [7, 11) is 1.91. The minimum absolute atomic E-state index is 0.179. The largest absolute Gasteiger partial charge is 0.314 e. The minimum Gasteiger partial charge on any atom is -0.314 e. The molecule has 1 N–H and O–H groups in total. The van der Waals surface area contributed by atoms with Gasteiger partial charge in [0, 0.05) is 6.04 Å². The van der Waals surface area contributed by atoms with Crippen LogP contribution in [0.2, 0.25) is 0 Å². The Morgan fingerprint density at radius 3 is 2.71 bits per heavy atom. The van der Waals surface area contributed by atoms with Crippen LogP contribution in [0.25, 0.3) is 6.08 Å². The van der Waals surface area contributed by atoms with Crippen molar-refractivity contribution in [2.24, 2.45) is 0 Å². The molecule has 1 aromatic carbocycles. The monoisotopic (exact) mass is 193 g/mol. The van der Waals surface area contributed by atoms with Crippen molar-refractivity contribution in [2.75, 3.05) is 7.05 Å². The Morgan fingerprint density at radius 2 is 2.14 bits per heavy atom. The highest BCUT2D eigenvalue weighted by Gasteiger charge is 1.96. The van der Waals surface area contributed by atoms with Gasteiger partial charge in [-0.05, 0) is 44.2 Å². The van der Waals surface area contributed by atoms with Gasteiger partial charge < -0.3 is 5.32 Å². The lowest BCUT2D eigenvalue weighted by Gasteiger charge is -2.04. The van der Waals surface area contributed by atoms with Crippen molar-refractivity contribution in [1.29, 1.82) is 0 Å². The van der Waals surface area contributed by atoms with Gasteiger partial charge in [0.1, 0.15) is 5.82 Å². The second kappa shape index (κ2) is 4.91. The Balaban J connectivity index is 2.82. The lowest BCUT2D eigenvalue weighted by atomic mass is 10.1. The third kappa shape index (κ3) is 2.96. The van der Waals surface area contributed by atoms with E-state index in [2.05, 4.69) is 18.3 Å². The van der Waals surface area contributed by atoms with Crippen LogP contribution in [-0.2, 0) is 0 Å². The Hall–Kier alpha value is -1.15. The molecule has 14 heavy (non-hydrogen) atoms. The normalized spacial score (nSPS) is 13.4. The van der Waals surface area contributed by atoms with Crippen molar-refractivity contribution in [1.82, 2.24) is 5.32 Å². The molecule has 0 aliphatic heterocycles. The van der Waals surface area contributed by atoms with E-state index in [-0.39, 0.29) is 5.82 Å². The smallest absolute Gasteiger partial charge is 0.123 e. The predicted molar refractivity (Wildman–Crippen MR) is 58.7 cm³/mol. The van der Waals surface area contributed by atoms with Gasteiger partial charge in [-0.15, -0.1) is 0 Å². The van der Waals surface area contributed by atoms with Gasteiger partial charge in [0.05, 0.1) is 0 Å². The second-order valence-electron chi connectivity index (χ2n) is 3.44. The van der Waals surface area contributed by atoms with Crippen LogP contribution in [0.3, 0.4) is 0 Å². The molecule has 2 heteroatoms. The summed E-state index contributed by atoms with van der Waals surface area (Å²) in [6.07, 6.45) is 4.07. The molecule has 1 rings (SSSR count). The fourth-order valence-electron chi connectivity index (χ4n) is 1.17. The maximum atomic E-state index is 12.8. The van der Waals surface area contributed by atoms with Crippen LogP contribution < -0.4 is 5.32 Å². The van der Waals surface area contributed by atoms with E-state index in [1.807, 2.05) is 20.0 Å². The van der Waals surface area contributed by atoms with Gasteiger partial charge in [-0.25, -0.2) is 4.39 Å². The number of hydrogen-bond donors (Lipinski definition) is 1. The molecule has 0 saturated carbocycles. The van der Waals surface area contributed by atoms with Crippen molar-refractivity contribution in [3.63, 3.8) is 0 Å². The molecule has 0 heterocycles. The van der Waals surface area contributed by atoms with Gasteiger partial charge in [0.15, 0.2) is 0 Å². The molecule has 0 aliphatic rings. The first kappa shape index (κ1) is 10.9. The van der Waals surface area contributed by atoms with Crippen molar-refractivity contribution in [3.8, 4) is 0 Å². The molecule has 0 aromatic heterocycles. The molecule has 0 aliphatic carbocycles. The lowest BCUT2D eigenvalue weighted by molar-refractivity contribution is 0.626. The average Bonchev–Trinajstić information content (AvgIpc) is 2.16. The highest BCUT2D eigenvalue weighted by Crippen LogP contribution is 2.11. The van der Waals surface area contributed by atoms with Crippen molar-refractivity contribution < 1.29 is 4.39 Å². The molecule has 1 atom stereocenters. The molecule has 76 valence electrons. The molecular weight excluding hydrogens is 177 g/mol. The van der Waals surface area contributed by atoms with E-state index in [1.165, 1.54) is 6.07 Å². The zero-order valence-electron chi connectivity index (χ0n) is 8.84. The van der Waals surface area contributed by atoms with E-state index < -0.39 is 0 Å². The molecule has 0 fully saturated rings. The Bertz CT molecular complexity index is 331. The summed E-state index contributed by atoms with van der Waals surface area (Å²) in [5, 5.41) is 3.11. The summed E-state index contributed by atoms with van der Waals surface area (Å²) in [4.78, 5) is 0. The quantitative estimate of drug-likeness (QED) is 0.778. The fourth-order valence-corrected chi connectivity index (χ4v) is 1.17. The van der Waals surface area contributed by atoms with Gasteiger partial charge in [-0.1, -0.05) is 18.2 Å². The summed E-state index contributed by atoms with van der Waals surface area (Å²) in [6.45, 7) is 3.97. The van der Waals surface area contributed by atoms with E-state index in [0.29, 0.717) is 6.04 Å². The van der Waals surface area contributed by atoms with Crippen molar-refractivity contribution >= 4 is 6.08 Å². The van der Waals surface area contributed by atoms with E-state index in [4.69, 9.17) is 0 Å². The number of likely N-dealkylation sites (N-methyl/N-ethyl adjacent to an activating group) is 1. The molecule has 0 spiro atoms. The summed E-state index contributed by atoms with van der Waals surface area (Å²) < 4.78 is 12.8. The SMILES string of the molecule is CNC(C)/C=C/c1ccc(F)cc1C. The van der Waals surface area contributed by atoms with Crippen LogP contribution >= 0.6 is 0 Å². The number of benzene rings is 1. The summed E-state index contributed by atoms with van der Waals surface area (Å²) >= 11 is 0. The third-order valence-corrected chi connectivity index (χ3v) is 2.25. The van der Waals surface area contributed by atoms with Gasteiger partial charge in [0.25, 0.3) is 0 Å². The van der Waals surface area contributed by atoms with Gasteiger partial charge in [-0.2, -0.15) is 0 Å². The number of hydrogen-bond acceptors (Lipinski definition) is 1.